The SMILES string of the molecule is CCC(=O)N1CCC(CC(C)(C)C)CC1. The van der Waals surface area contributed by atoms with Gasteiger partial charge in [-0.25, -0.2) is 0 Å². The van der Waals surface area contributed by atoms with Gasteiger partial charge in [0.1, 0.15) is 0 Å². The van der Waals surface area contributed by atoms with Crippen LogP contribution in [0.1, 0.15) is 53.4 Å². The fraction of sp³-hybridized carbons (Fsp3) is 0.923. The van der Waals surface area contributed by atoms with Crippen LogP contribution < -0.4 is 0 Å². The maximum Gasteiger partial charge on any atom is 0.222 e. The second-order valence-corrected chi connectivity index (χ2v) is 5.94. The van der Waals surface area contributed by atoms with Crippen LogP contribution in [0.3, 0.4) is 0 Å². The van der Waals surface area contributed by atoms with Gasteiger partial charge in [0.05, 0.1) is 0 Å². The molecule has 2 heteroatoms. The number of hydrogen-bond donors (Lipinski definition) is 0. The molecule has 1 amide bonds. The Labute approximate surface area is 94.0 Å². The minimum Gasteiger partial charge on any atom is -0.343 e. The van der Waals surface area contributed by atoms with Crippen LogP contribution in [0.4, 0.5) is 0 Å². The van der Waals surface area contributed by atoms with Gasteiger partial charge >= 0.3 is 0 Å². The molecule has 0 saturated carbocycles. The third kappa shape index (κ3) is 4.23. The smallest absolute Gasteiger partial charge is 0.222 e. The van der Waals surface area contributed by atoms with Crippen molar-refractivity contribution >= 4 is 5.91 Å². The van der Waals surface area contributed by atoms with Crippen LogP contribution in [-0.2, 0) is 4.79 Å². The van der Waals surface area contributed by atoms with E-state index >= 15 is 0 Å². The molecule has 1 saturated heterocycles. The van der Waals surface area contributed by atoms with E-state index in [0.29, 0.717) is 17.7 Å². The van der Waals surface area contributed by atoms with Gasteiger partial charge in [-0.15, -0.1) is 0 Å². The second-order valence-electron chi connectivity index (χ2n) is 5.94. The highest BCUT2D eigenvalue weighted by Crippen LogP contribution is 2.30. The van der Waals surface area contributed by atoms with Gasteiger partial charge in [0.25, 0.3) is 0 Å². The summed E-state index contributed by atoms with van der Waals surface area (Å²) in [7, 11) is 0. The molecular weight excluding hydrogens is 186 g/mol. The first kappa shape index (κ1) is 12.5. The van der Waals surface area contributed by atoms with Crippen molar-refractivity contribution in [2.45, 2.75) is 53.4 Å². The van der Waals surface area contributed by atoms with E-state index < -0.39 is 0 Å². The molecule has 1 aliphatic heterocycles. The predicted molar refractivity (Wildman–Crippen MR) is 63.7 cm³/mol. The molecule has 0 radical (unpaired) electrons. The van der Waals surface area contributed by atoms with Crippen LogP contribution in [0.15, 0.2) is 0 Å². The third-order valence-corrected chi connectivity index (χ3v) is 3.17. The number of carbonyl (C=O) groups excluding carboxylic acids is 1. The molecule has 0 spiro atoms. The second kappa shape index (κ2) is 5.00. The van der Waals surface area contributed by atoms with Crippen LogP contribution >= 0.6 is 0 Å². The lowest BCUT2D eigenvalue weighted by molar-refractivity contribution is -0.132. The van der Waals surface area contributed by atoms with Crippen LogP contribution in [-0.4, -0.2) is 23.9 Å². The molecule has 0 aromatic heterocycles. The van der Waals surface area contributed by atoms with Crippen LogP contribution in [0.25, 0.3) is 0 Å². The summed E-state index contributed by atoms with van der Waals surface area (Å²) in [5.41, 5.74) is 0.432. The topological polar surface area (TPSA) is 20.3 Å². The van der Waals surface area contributed by atoms with Crippen molar-refractivity contribution in [3.63, 3.8) is 0 Å². The van der Waals surface area contributed by atoms with Crippen molar-refractivity contribution < 1.29 is 4.79 Å². The molecule has 0 atom stereocenters. The quantitative estimate of drug-likeness (QED) is 0.687. The monoisotopic (exact) mass is 211 g/mol. The first-order valence-corrected chi connectivity index (χ1v) is 6.20. The molecule has 1 heterocycles. The molecule has 0 aromatic rings. The fourth-order valence-corrected chi connectivity index (χ4v) is 2.48. The minimum atomic E-state index is 0.323. The largest absolute Gasteiger partial charge is 0.343 e. The van der Waals surface area contributed by atoms with Gasteiger partial charge in [-0.2, -0.15) is 0 Å². The Balaban J connectivity index is 2.33. The molecular formula is C13H25NO. The average molecular weight is 211 g/mol. The van der Waals surface area contributed by atoms with Crippen molar-refractivity contribution in [1.29, 1.82) is 0 Å². The van der Waals surface area contributed by atoms with E-state index in [1.165, 1.54) is 19.3 Å². The van der Waals surface area contributed by atoms with E-state index in [2.05, 4.69) is 20.8 Å². The number of amides is 1. The number of carbonyl (C=O) groups is 1. The Morgan fingerprint density at radius 2 is 1.80 bits per heavy atom. The third-order valence-electron chi connectivity index (χ3n) is 3.17. The van der Waals surface area contributed by atoms with Gasteiger partial charge in [0.2, 0.25) is 5.91 Å². The predicted octanol–water partition coefficient (Wildman–Crippen LogP) is 3.07. The van der Waals surface area contributed by atoms with Gasteiger partial charge in [-0.3, -0.25) is 4.79 Å². The Hall–Kier alpha value is -0.530. The molecule has 1 fully saturated rings. The summed E-state index contributed by atoms with van der Waals surface area (Å²) in [5.74, 6) is 1.15. The lowest BCUT2D eigenvalue weighted by Gasteiger charge is -2.34. The standard InChI is InChI=1S/C13H25NO/c1-5-12(15)14-8-6-11(7-9-14)10-13(2,3)4/h11H,5-10H2,1-4H3. The van der Waals surface area contributed by atoms with Crippen molar-refractivity contribution in [3.8, 4) is 0 Å². The zero-order chi connectivity index (χ0) is 11.5. The molecule has 0 bridgehead atoms. The van der Waals surface area contributed by atoms with E-state index in [1.54, 1.807) is 0 Å². The Morgan fingerprint density at radius 1 is 1.27 bits per heavy atom. The summed E-state index contributed by atoms with van der Waals surface area (Å²) >= 11 is 0. The first-order chi connectivity index (χ1) is 6.92. The Kier molecular flexibility index (Phi) is 4.18. The van der Waals surface area contributed by atoms with Crippen molar-refractivity contribution in [1.82, 2.24) is 4.90 Å². The highest BCUT2D eigenvalue weighted by Gasteiger charge is 2.25. The maximum atomic E-state index is 11.5. The summed E-state index contributed by atoms with van der Waals surface area (Å²) < 4.78 is 0. The van der Waals surface area contributed by atoms with Crippen LogP contribution in [0.2, 0.25) is 0 Å². The van der Waals surface area contributed by atoms with Crippen molar-refractivity contribution in [3.05, 3.63) is 0 Å². The summed E-state index contributed by atoms with van der Waals surface area (Å²) in [6.07, 6.45) is 4.34. The average Bonchev–Trinajstić information content (AvgIpc) is 2.15. The Morgan fingerprint density at radius 3 is 2.20 bits per heavy atom. The molecule has 1 aliphatic rings. The molecule has 1 rings (SSSR count). The van der Waals surface area contributed by atoms with Crippen LogP contribution in [0.5, 0.6) is 0 Å². The minimum absolute atomic E-state index is 0.323. The lowest BCUT2D eigenvalue weighted by atomic mass is 9.80. The molecule has 0 aliphatic carbocycles. The van der Waals surface area contributed by atoms with E-state index in [-0.39, 0.29) is 0 Å². The molecule has 2 nitrogen and oxygen atoms in total. The number of rotatable bonds is 2. The Bertz CT molecular complexity index is 209. The normalized spacial score (nSPS) is 19.3. The van der Waals surface area contributed by atoms with E-state index in [1.807, 2.05) is 11.8 Å². The highest BCUT2D eigenvalue weighted by molar-refractivity contribution is 5.75. The number of hydrogen-bond acceptors (Lipinski definition) is 1. The summed E-state index contributed by atoms with van der Waals surface area (Å²) in [5, 5.41) is 0. The zero-order valence-electron chi connectivity index (χ0n) is 10.7. The molecule has 88 valence electrons. The maximum absolute atomic E-state index is 11.5. The van der Waals surface area contributed by atoms with E-state index in [0.717, 1.165) is 19.0 Å². The van der Waals surface area contributed by atoms with E-state index in [9.17, 15) is 4.79 Å². The van der Waals surface area contributed by atoms with Crippen molar-refractivity contribution in [2.75, 3.05) is 13.1 Å². The number of piperidine rings is 1. The van der Waals surface area contributed by atoms with Gasteiger partial charge in [0, 0.05) is 19.5 Å². The fourth-order valence-electron chi connectivity index (χ4n) is 2.48. The molecule has 0 unspecified atom stereocenters. The van der Waals surface area contributed by atoms with Gasteiger partial charge in [-0.05, 0) is 30.6 Å². The van der Waals surface area contributed by atoms with Crippen molar-refractivity contribution in [2.24, 2.45) is 11.3 Å². The van der Waals surface area contributed by atoms with Gasteiger partial charge in [-0.1, -0.05) is 27.7 Å². The summed E-state index contributed by atoms with van der Waals surface area (Å²) in [6.45, 7) is 10.8. The van der Waals surface area contributed by atoms with E-state index in [4.69, 9.17) is 0 Å². The molecule has 0 aromatic carbocycles. The highest BCUT2D eigenvalue weighted by atomic mass is 16.2. The van der Waals surface area contributed by atoms with Gasteiger partial charge in [0.15, 0.2) is 0 Å². The number of nitrogens with zero attached hydrogens (tertiary/aromatic N) is 1. The molecule has 15 heavy (non-hydrogen) atoms. The molecule has 0 N–H and O–H groups in total. The summed E-state index contributed by atoms with van der Waals surface area (Å²) in [6, 6.07) is 0. The number of likely N-dealkylation sites (tertiary alicyclic amines) is 1. The van der Waals surface area contributed by atoms with Gasteiger partial charge < -0.3 is 4.90 Å². The van der Waals surface area contributed by atoms with Crippen LogP contribution in [0, 0.1) is 11.3 Å². The summed E-state index contributed by atoms with van der Waals surface area (Å²) in [4.78, 5) is 13.5. The zero-order valence-corrected chi connectivity index (χ0v) is 10.7. The lowest BCUT2D eigenvalue weighted by Crippen LogP contribution is -2.38. The first-order valence-electron chi connectivity index (χ1n) is 6.20.